The highest BCUT2D eigenvalue weighted by Gasteiger charge is 2.25. The number of nitrogens with one attached hydrogen (secondary N) is 1. The maximum Gasteiger partial charge on any atom is 0.223 e. The molecule has 3 nitrogen and oxygen atoms in total. The van der Waals surface area contributed by atoms with E-state index in [1.54, 1.807) is 0 Å². The number of hydrogen-bond donors (Lipinski definition) is 1. The fourth-order valence-corrected chi connectivity index (χ4v) is 3.58. The van der Waals surface area contributed by atoms with E-state index in [0.717, 1.165) is 23.7 Å². The minimum Gasteiger partial charge on any atom is -0.336 e. The molecule has 0 bridgehead atoms. The molecule has 0 spiro atoms. The normalized spacial score (nSPS) is 16.5. The van der Waals surface area contributed by atoms with Crippen LogP contribution in [0.1, 0.15) is 45.6 Å². The third kappa shape index (κ3) is 6.27. The summed E-state index contributed by atoms with van der Waals surface area (Å²) in [7, 11) is 0. The van der Waals surface area contributed by atoms with E-state index in [1.807, 2.05) is 29.2 Å². The van der Waals surface area contributed by atoms with E-state index in [2.05, 4.69) is 26.1 Å². The highest BCUT2D eigenvalue weighted by molar-refractivity contribution is 6.30. The summed E-state index contributed by atoms with van der Waals surface area (Å²) >= 11 is 6.06. The summed E-state index contributed by atoms with van der Waals surface area (Å²) in [5.41, 5.74) is 1.09. The first-order valence-corrected chi connectivity index (χ1v) is 9.09. The van der Waals surface area contributed by atoms with Gasteiger partial charge in [-0.25, -0.2) is 0 Å². The molecule has 1 fully saturated rings. The summed E-state index contributed by atoms with van der Waals surface area (Å²) in [6.45, 7) is 9.19. The van der Waals surface area contributed by atoms with Crippen LogP contribution in [0.2, 0.25) is 5.02 Å². The van der Waals surface area contributed by atoms with Gasteiger partial charge in [-0.05, 0) is 69.3 Å². The van der Waals surface area contributed by atoms with Crippen LogP contribution >= 0.6 is 24.0 Å². The molecule has 1 aliphatic heterocycles. The fourth-order valence-electron chi connectivity index (χ4n) is 3.36. The Balaban J connectivity index is 0.00000288. The molecule has 5 heteroatoms. The highest BCUT2D eigenvalue weighted by Crippen LogP contribution is 2.26. The summed E-state index contributed by atoms with van der Waals surface area (Å²) in [6, 6.07) is 7.98. The molecule has 1 unspecified atom stereocenters. The highest BCUT2D eigenvalue weighted by atomic mass is 35.5. The van der Waals surface area contributed by atoms with Gasteiger partial charge < -0.3 is 10.2 Å². The number of carbonyl (C=O) groups excluding carboxylic acids is 1. The van der Waals surface area contributed by atoms with E-state index in [9.17, 15) is 4.79 Å². The van der Waals surface area contributed by atoms with Crippen LogP contribution in [0.4, 0.5) is 0 Å². The van der Waals surface area contributed by atoms with E-state index in [0.29, 0.717) is 24.8 Å². The summed E-state index contributed by atoms with van der Waals surface area (Å²) in [5, 5.41) is 4.12. The number of benzene rings is 1. The molecule has 1 amide bonds. The van der Waals surface area contributed by atoms with E-state index >= 15 is 0 Å². The Morgan fingerprint density at radius 1 is 1.29 bits per heavy atom. The van der Waals surface area contributed by atoms with Crippen molar-refractivity contribution in [1.29, 1.82) is 0 Å². The second-order valence-corrected chi connectivity index (χ2v) is 7.45. The molecule has 0 saturated carbocycles. The molecule has 1 aromatic rings. The zero-order valence-electron chi connectivity index (χ0n) is 14.9. The van der Waals surface area contributed by atoms with Crippen molar-refractivity contribution in [3.05, 3.63) is 34.9 Å². The quantitative estimate of drug-likeness (QED) is 0.795. The van der Waals surface area contributed by atoms with Crippen LogP contribution in [0.3, 0.4) is 0 Å². The van der Waals surface area contributed by atoms with Gasteiger partial charge in [-0.1, -0.05) is 30.7 Å². The molecule has 1 saturated heterocycles. The van der Waals surface area contributed by atoms with Crippen LogP contribution in [0.25, 0.3) is 0 Å². The average Bonchev–Trinajstić information content (AvgIpc) is 2.53. The molecule has 1 N–H and O–H groups in total. The Kier molecular flexibility index (Phi) is 9.11. The third-order valence-electron chi connectivity index (χ3n) is 4.87. The third-order valence-corrected chi connectivity index (χ3v) is 5.11. The van der Waals surface area contributed by atoms with Crippen molar-refractivity contribution in [1.82, 2.24) is 10.2 Å². The summed E-state index contributed by atoms with van der Waals surface area (Å²) < 4.78 is 0. The fraction of sp³-hybridized carbons (Fsp3) is 0.632. The first-order chi connectivity index (χ1) is 11.0. The van der Waals surface area contributed by atoms with Crippen LogP contribution in [-0.2, 0) is 11.3 Å². The zero-order valence-corrected chi connectivity index (χ0v) is 16.5. The molecule has 0 aromatic heterocycles. The van der Waals surface area contributed by atoms with Crippen molar-refractivity contribution in [2.24, 2.45) is 11.8 Å². The first kappa shape index (κ1) is 21.3. The van der Waals surface area contributed by atoms with Crippen molar-refractivity contribution < 1.29 is 4.79 Å². The molecule has 1 heterocycles. The van der Waals surface area contributed by atoms with Crippen molar-refractivity contribution in [3.8, 4) is 0 Å². The number of hydrogen-bond acceptors (Lipinski definition) is 2. The molecule has 0 radical (unpaired) electrons. The molecule has 136 valence electrons. The van der Waals surface area contributed by atoms with E-state index in [4.69, 9.17) is 11.6 Å². The smallest absolute Gasteiger partial charge is 0.223 e. The van der Waals surface area contributed by atoms with Gasteiger partial charge in [-0.15, -0.1) is 12.4 Å². The maximum atomic E-state index is 12.8. The van der Waals surface area contributed by atoms with E-state index < -0.39 is 0 Å². The number of piperidine rings is 1. The average molecular weight is 373 g/mol. The van der Waals surface area contributed by atoms with Gasteiger partial charge >= 0.3 is 0 Å². The second kappa shape index (κ2) is 10.3. The molecule has 24 heavy (non-hydrogen) atoms. The second-order valence-electron chi connectivity index (χ2n) is 7.01. The van der Waals surface area contributed by atoms with Crippen LogP contribution < -0.4 is 5.32 Å². The number of carbonyl (C=O) groups is 1. The lowest BCUT2D eigenvalue weighted by Crippen LogP contribution is -2.39. The maximum absolute atomic E-state index is 12.8. The lowest BCUT2D eigenvalue weighted by Gasteiger charge is -2.32. The van der Waals surface area contributed by atoms with Gasteiger partial charge in [0, 0.05) is 24.0 Å². The number of amides is 1. The SMILES string of the molecule is CC(CC(=O)N(Cc1cccc(Cl)c1)C(C)C)C1CCNCC1.Cl. The van der Waals surface area contributed by atoms with Crippen LogP contribution in [0.5, 0.6) is 0 Å². The zero-order chi connectivity index (χ0) is 16.8. The molecule has 2 rings (SSSR count). The Labute approximate surface area is 157 Å². The van der Waals surface area contributed by atoms with Crippen LogP contribution in [-0.4, -0.2) is 29.9 Å². The molecular weight excluding hydrogens is 343 g/mol. The Morgan fingerprint density at radius 3 is 2.54 bits per heavy atom. The van der Waals surface area contributed by atoms with Crippen LogP contribution in [0.15, 0.2) is 24.3 Å². The largest absolute Gasteiger partial charge is 0.336 e. The van der Waals surface area contributed by atoms with Crippen LogP contribution in [0, 0.1) is 11.8 Å². The lowest BCUT2D eigenvalue weighted by atomic mass is 9.84. The first-order valence-electron chi connectivity index (χ1n) is 8.72. The van der Waals surface area contributed by atoms with Gasteiger partial charge in [0.05, 0.1) is 0 Å². The van der Waals surface area contributed by atoms with Crippen molar-refractivity contribution >= 4 is 29.9 Å². The summed E-state index contributed by atoms with van der Waals surface area (Å²) in [6.07, 6.45) is 3.01. The molecule has 1 aliphatic rings. The topological polar surface area (TPSA) is 32.3 Å². The predicted octanol–water partition coefficient (Wildman–Crippen LogP) is 4.52. The number of rotatable bonds is 6. The molecular formula is C19H30Cl2N2O. The Bertz CT molecular complexity index is 516. The number of nitrogens with zero attached hydrogens (tertiary/aromatic N) is 1. The Morgan fingerprint density at radius 2 is 1.96 bits per heavy atom. The minimum atomic E-state index is 0. The lowest BCUT2D eigenvalue weighted by molar-refractivity contribution is -0.135. The van der Waals surface area contributed by atoms with Crippen molar-refractivity contribution in [3.63, 3.8) is 0 Å². The van der Waals surface area contributed by atoms with Gasteiger partial charge in [-0.3, -0.25) is 4.79 Å². The monoisotopic (exact) mass is 372 g/mol. The predicted molar refractivity (Wildman–Crippen MR) is 104 cm³/mol. The van der Waals surface area contributed by atoms with E-state index in [1.165, 1.54) is 12.8 Å². The Hall–Kier alpha value is -0.770. The van der Waals surface area contributed by atoms with Gasteiger partial charge in [0.25, 0.3) is 0 Å². The van der Waals surface area contributed by atoms with Crippen molar-refractivity contribution in [2.75, 3.05) is 13.1 Å². The van der Waals surface area contributed by atoms with Crippen molar-refractivity contribution in [2.45, 2.75) is 52.6 Å². The van der Waals surface area contributed by atoms with Gasteiger partial charge in [-0.2, -0.15) is 0 Å². The van der Waals surface area contributed by atoms with Gasteiger partial charge in [0.2, 0.25) is 5.91 Å². The standard InChI is InChI=1S/C19H29ClN2O.ClH/c1-14(2)22(13-16-5-4-6-18(20)12-16)19(23)11-15(3)17-7-9-21-10-8-17;/h4-6,12,14-15,17,21H,7-11,13H2,1-3H3;1H. The summed E-state index contributed by atoms with van der Waals surface area (Å²) in [5.74, 6) is 1.37. The molecule has 1 atom stereocenters. The summed E-state index contributed by atoms with van der Waals surface area (Å²) in [4.78, 5) is 14.8. The van der Waals surface area contributed by atoms with E-state index in [-0.39, 0.29) is 24.4 Å². The minimum absolute atomic E-state index is 0. The molecule has 0 aliphatic carbocycles. The number of halogens is 2. The van der Waals surface area contributed by atoms with Gasteiger partial charge in [0.15, 0.2) is 0 Å². The molecule has 1 aromatic carbocycles. The van der Waals surface area contributed by atoms with Gasteiger partial charge in [0.1, 0.15) is 0 Å².